The zero-order chi connectivity index (χ0) is 49.4. The molecule has 0 spiro atoms. The Morgan fingerprint density at radius 2 is 0.657 bits per heavy atom. The van der Waals surface area contributed by atoms with Crippen LogP contribution in [0.2, 0.25) is 0 Å². The van der Waals surface area contributed by atoms with E-state index < -0.39 is 42.1 Å². The molecule has 0 bridgehead atoms. The van der Waals surface area contributed by atoms with Crippen molar-refractivity contribution in [2.45, 2.75) is 32.5 Å². The van der Waals surface area contributed by atoms with Crippen LogP contribution in [0.4, 0.5) is 0 Å². The Hall–Kier alpha value is -3.21. The molecule has 24 heteroatoms. The predicted octanol–water partition coefficient (Wildman–Crippen LogP) is -3.64. The molecule has 2 fully saturated rings. The molecule has 2 aliphatic rings. The molecule has 7 N–H and O–H groups in total. The third-order valence-electron chi connectivity index (χ3n) is 11.6. The van der Waals surface area contributed by atoms with E-state index in [9.17, 15) is 59.7 Å². The summed E-state index contributed by atoms with van der Waals surface area (Å²) in [6.45, 7) is 13.7. The molecule has 390 valence electrons. The second-order valence-electron chi connectivity index (χ2n) is 17.3. The SMILES string of the molecule is CCCOCCOCCOCCN(CC(O)CN1CCN(CC)CCN(CC(=O)O)CCN(CC(=O)O)CC1)CC(O)CN1CCN(CC(=O)O)CCN(CC(=O)O)CCN(CC(=O)O)CC1. The molecule has 0 aliphatic carbocycles. The summed E-state index contributed by atoms with van der Waals surface area (Å²) in [5.41, 5.74) is 0. The molecular formula is C43H83N9O15. The molecule has 2 aliphatic heterocycles. The Balaban J connectivity index is 2.23. The van der Waals surface area contributed by atoms with Gasteiger partial charge in [-0.1, -0.05) is 13.8 Å². The highest BCUT2D eigenvalue weighted by atomic mass is 16.5. The number of carboxylic acids is 5. The molecule has 0 aromatic carbocycles. The van der Waals surface area contributed by atoms with Crippen LogP contribution in [0.5, 0.6) is 0 Å². The quantitative estimate of drug-likeness (QED) is 0.0342. The van der Waals surface area contributed by atoms with Crippen molar-refractivity contribution < 1.29 is 73.9 Å². The monoisotopic (exact) mass is 966 g/mol. The molecule has 2 rings (SSSR count). The summed E-state index contributed by atoms with van der Waals surface area (Å²) >= 11 is 0. The lowest BCUT2D eigenvalue weighted by atomic mass is 10.2. The number of aliphatic hydroxyl groups excluding tert-OH is 2. The standard InChI is InChI=1S/C43H83N9O15/c1-3-22-65-24-26-67-27-25-66-23-21-52(30-37(53)28-45-7-5-44(4-2)6-8-47(32-39(55)56)15-16-48(12-9-45)33-40(57)58)31-38(54)29-46-10-13-49(34-41(59)60)17-19-51(36-43(63)64)20-18-50(14-11-46)35-42(61)62/h37-38,53-54H,3-36H2,1-2H3,(H,55,56)(H,57,58)(H,59,60)(H,61,62)(H,63,64). The van der Waals surface area contributed by atoms with E-state index in [1.807, 2.05) is 28.5 Å². The molecule has 0 saturated carbocycles. The topological polar surface area (TPSA) is 284 Å². The number of ether oxygens (including phenoxy) is 3. The minimum absolute atomic E-state index is 0.138. The highest BCUT2D eigenvalue weighted by Crippen LogP contribution is 2.07. The first-order chi connectivity index (χ1) is 32.0. The van der Waals surface area contributed by atoms with E-state index in [1.54, 1.807) is 19.6 Å². The van der Waals surface area contributed by atoms with Gasteiger partial charge in [0.15, 0.2) is 0 Å². The van der Waals surface area contributed by atoms with E-state index in [2.05, 4.69) is 9.80 Å². The number of hydrogen-bond donors (Lipinski definition) is 7. The average Bonchev–Trinajstić information content (AvgIpc) is 3.24. The van der Waals surface area contributed by atoms with Crippen LogP contribution >= 0.6 is 0 Å². The zero-order valence-corrected chi connectivity index (χ0v) is 40.1. The molecule has 2 saturated heterocycles. The van der Waals surface area contributed by atoms with Crippen LogP contribution in [0.3, 0.4) is 0 Å². The van der Waals surface area contributed by atoms with Gasteiger partial charge in [-0.05, 0) is 13.0 Å². The number of β-amino-alcohol motifs (C(OH)–C–C–N with tert-alkyl or cyclic N) is 2. The highest BCUT2D eigenvalue weighted by molar-refractivity contribution is 5.70. The van der Waals surface area contributed by atoms with Crippen molar-refractivity contribution in [3.05, 3.63) is 0 Å². The lowest BCUT2D eigenvalue weighted by Crippen LogP contribution is -2.51. The number of carboxylic acid groups (broad SMARTS) is 5. The van der Waals surface area contributed by atoms with E-state index in [0.29, 0.717) is 118 Å². The molecule has 67 heavy (non-hydrogen) atoms. The van der Waals surface area contributed by atoms with Gasteiger partial charge in [0.05, 0.1) is 78.0 Å². The molecule has 0 radical (unpaired) electrons. The number of carbonyl (C=O) groups is 5. The van der Waals surface area contributed by atoms with Crippen molar-refractivity contribution in [3.8, 4) is 0 Å². The summed E-state index contributed by atoms with van der Waals surface area (Å²) in [7, 11) is 0. The molecule has 2 atom stereocenters. The summed E-state index contributed by atoms with van der Waals surface area (Å²) in [4.78, 5) is 75.5. The summed E-state index contributed by atoms with van der Waals surface area (Å²) < 4.78 is 17.0. The minimum Gasteiger partial charge on any atom is -0.480 e. The maximum Gasteiger partial charge on any atom is 0.317 e. The Labute approximate surface area is 396 Å². The van der Waals surface area contributed by atoms with Crippen molar-refractivity contribution in [2.75, 3.05) is 216 Å². The van der Waals surface area contributed by atoms with Gasteiger partial charge in [-0.3, -0.25) is 63.2 Å². The maximum absolute atomic E-state index is 11.8. The van der Waals surface area contributed by atoms with Crippen molar-refractivity contribution in [2.24, 2.45) is 0 Å². The smallest absolute Gasteiger partial charge is 0.317 e. The van der Waals surface area contributed by atoms with Crippen LogP contribution in [0, 0.1) is 0 Å². The Kier molecular flexibility index (Phi) is 32.0. The second kappa shape index (κ2) is 35.8. The van der Waals surface area contributed by atoms with Gasteiger partial charge in [0.25, 0.3) is 0 Å². The van der Waals surface area contributed by atoms with Crippen LogP contribution in [-0.2, 0) is 38.2 Å². The first-order valence-corrected chi connectivity index (χ1v) is 23.7. The largest absolute Gasteiger partial charge is 0.480 e. The molecule has 0 amide bonds. The van der Waals surface area contributed by atoms with Crippen molar-refractivity contribution in [3.63, 3.8) is 0 Å². The fourth-order valence-corrected chi connectivity index (χ4v) is 8.03. The number of aliphatic hydroxyl groups is 2. The van der Waals surface area contributed by atoms with Gasteiger partial charge in [-0.25, -0.2) is 0 Å². The minimum atomic E-state index is -1.04. The fourth-order valence-electron chi connectivity index (χ4n) is 8.03. The lowest BCUT2D eigenvalue weighted by molar-refractivity contribution is -0.140. The molecule has 2 heterocycles. The molecule has 0 aromatic heterocycles. The Morgan fingerprint density at radius 1 is 0.403 bits per heavy atom. The molecule has 2 unspecified atom stereocenters. The van der Waals surface area contributed by atoms with Crippen LogP contribution in [-0.4, -0.2) is 338 Å². The van der Waals surface area contributed by atoms with Crippen LogP contribution in [0.1, 0.15) is 20.3 Å². The number of hydrogen-bond acceptors (Lipinski definition) is 19. The van der Waals surface area contributed by atoms with Crippen LogP contribution < -0.4 is 0 Å². The highest BCUT2D eigenvalue weighted by Gasteiger charge is 2.25. The first kappa shape index (κ1) is 59.9. The Morgan fingerprint density at radius 3 is 0.925 bits per heavy atom. The van der Waals surface area contributed by atoms with Gasteiger partial charge < -0.3 is 54.9 Å². The van der Waals surface area contributed by atoms with E-state index in [0.717, 1.165) is 13.0 Å². The number of rotatable bonds is 30. The first-order valence-electron chi connectivity index (χ1n) is 23.7. The van der Waals surface area contributed by atoms with Crippen molar-refractivity contribution in [1.29, 1.82) is 0 Å². The van der Waals surface area contributed by atoms with Gasteiger partial charge >= 0.3 is 29.8 Å². The summed E-state index contributed by atoms with van der Waals surface area (Å²) in [5, 5.41) is 71.3. The summed E-state index contributed by atoms with van der Waals surface area (Å²) in [6.07, 6.45) is -0.896. The van der Waals surface area contributed by atoms with Gasteiger partial charge in [-0.15, -0.1) is 0 Å². The number of nitrogens with zero attached hydrogens (tertiary/aromatic N) is 9. The number of aliphatic carboxylic acids is 5. The lowest BCUT2D eigenvalue weighted by Gasteiger charge is -2.35. The van der Waals surface area contributed by atoms with Gasteiger partial charge in [0.2, 0.25) is 0 Å². The normalized spacial score (nSPS) is 19.8. The van der Waals surface area contributed by atoms with E-state index in [4.69, 9.17) is 14.2 Å². The van der Waals surface area contributed by atoms with Crippen LogP contribution in [0.25, 0.3) is 0 Å². The maximum atomic E-state index is 11.8. The van der Waals surface area contributed by atoms with Gasteiger partial charge in [0.1, 0.15) is 0 Å². The van der Waals surface area contributed by atoms with Gasteiger partial charge in [0, 0.05) is 144 Å². The average molecular weight is 966 g/mol. The van der Waals surface area contributed by atoms with E-state index in [1.165, 1.54) is 0 Å². The molecular weight excluding hydrogens is 883 g/mol. The number of likely N-dealkylation sites (N-methyl/N-ethyl adjacent to an activating group) is 1. The summed E-state index contributed by atoms with van der Waals surface area (Å²) in [6, 6.07) is 0. The molecule has 24 nitrogen and oxygen atoms in total. The van der Waals surface area contributed by atoms with Crippen LogP contribution in [0.15, 0.2) is 0 Å². The third kappa shape index (κ3) is 30.8. The van der Waals surface area contributed by atoms with Crippen molar-refractivity contribution in [1.82, 2.24) is 44.1 Å². The molecule has 0 aromatic rings. The second-order valence-corrected chi connectivity index (χ2v) is 17.3. The van der Waals surface area contributed by atoms with E-state index >= 15 is 0 Å². The zero-order valence-electron chi connectivity index (χ0n) is 40.1. The van der Waals surface area contributed by atoms with E-state index in [-0.39, 0.29) is 91.7 Å². The Bertz CT molecular complexity index is 1360. The predicted molar refractivity (Wildman–Crippen MR) is 247 cm³/mol. The fraction of sp³-hybridized carbons (Fsp3) is 0.884. The third-order valence-corrected chi connectivity index (χ3v) is 11.6. The van der Waals surface area contributed by atoms with Crippen molar-refractivity contribution >= 4 is 29.8 Å². The summed E-state index contributed by atoms with van der Waals surface area (Å²) in [5.74, 6) is -5.03. The van der Waals surface area contributed by atoms with Gasteiger partial charge in [-0.2, -0.15) is 0 Å².